The third-order valence-corrected chi connectivity index (χ3v) is 2.58. The van der Waals surface area contributed by atoms with Crippen molar-refractivity contribution < 1.29 is 14.3 Å². The first-order chi connectivity index (χ1) is 10.2. The van der Waals surface area contributed by atoms with Crippen molar-refractivity contribution in [1.82, 2.24) is 15.3 Å². The highest BCUT2D eigenvalue weighted by Gasteiger charge is 2.13. The van der Waals surface area contributed by atoms with E-state index < -0.39 is 11.9 Å². The molecule has 1 aromatic carbocycles. The van der Waals surface area contributed by atoms with Gasteiger partial charge in [-0.2, -0.15) is 0 Å². The summed E-state index contributed by atoms with van der Waals surface area (Å²) in [6, 6.07) is 9.25. The summed E-state index contributed by atoms with van der Waals surface area (Å²) in [5, 5.41) is 2.38. The minimum absolute atomic E-state index is 0.00709. The van der Waals surface area contributed by atoms with Crippen molar-refractivity contribution in [2.45, 2.75) is 6.61 Å². The predicted octanol–water partition coefficient (Wildman–Crippen LogP) is 0.532. The number of hydrogen-bond donors (Lipinski definition) is 2. The molecule has 2 aromatic rings. The van der Waals surface area contributed by atoms with E-state index in [4.69, 9.17) is 10.5 Å². The minimum atomic E-state index is -0.572. The lowest BCUT2D eigenvalue weighted by Crippen LogP contribution is -2.31. The summed E-state index contributed by atoms with van der Waals surface area (Å²) in [7, 11) is 0. The summed E-state index contributed by atoms with van der Waals surface area (Å²) in [5.41, 5.74) is 6.36. The first-order valence-electron chi connectivity index (χ1n) is 6.21. The molecule has 1 aromatic heterocycles. The number of nitrogens with one attached hydrogen (secondary N) is 1. The van der Waals surface area contributed by atoms with Crippen LogP contribution < -0.4 is 11.1 Å². The first kappa shape index (κ1) is 14.4. The molecule has 0 aliphatic rings. The summed E-state index contributed by atoms with van der Waals surface area (Å²) >= 11 is 0. The highest BCUT2D eigenvalue weighted by atomic mass is 16.5. The molecule has 3 N–H and O–H groups in total. The van der Waals surface area contributed by atoms with Gasteiger partial charge in [0.25, 0.3) is 5.91 Å². The summed E-state index contributed by atoms with van der Waals surface area (Å²) < 4.78 is 5.02. The average Bonchev–Trinajstić information content (AvgIpc) is 2.52. The second-order valence-corrected chi connectivity index (χ2v) is 4.12. The molecule has 2 rings (SSSR count). The Morgan fingerprint density at radius 1 is 1.14 bits per heavy atom. The molecule has 7 heteroatoms. The Morgan fingerprint density at radius 2 is 1.86 bits per heavy atom. The van der Waals surface area contributed by atoms with Crippen LogP contribution in [0.1, 0.15) is 16.1 Å². The predicted molar refractivity (Wildman–Crippen MR) is 75.0 cm³/mol. The average molecular weight is 286 g/mol. The molecule has 0 fully saturated rings. The van der Waals surface area contributed by atoms with Gasteiger partial charge < -0.3 is 15.8 Å². The quantitative estimate of drug-likeness (QED) is 0.776. The molecule has 0 spiro atoms. The second kappa shape index (κ2) is 6.99. The van der Waals surface area contributed by atoms with Gasteiger partial charge in [0.1, 0.15) is 13.2 Å². The van der Waals surface area contributed by atoms with E-state index in [0.717, 1.165) is 5.56 Å². The van der Waals surface area contributed by atoms with E-state index in [1.54, 1.807) is 0 Å². The molecule has 21 heavy (non-hydrogen) atoms. The van der Waals surface area contributed by atoms with E-state index in [-0.39, 0.29) is 24.7 Å². The molecular weight excluding hydrogens is 272 g/mol. The van der Waals surface area contributed by atoms with Gasteiger partial charge in [-0.3, -0.25) is 9.59 Å². The highest BCUT2D eigenvalue weighted by Crippen LogP contribution is 2.02. The normalized spacial score (nSPS) is 9.90. The van der Waals surface area contributed by atoms with Crippen LogP contribution >= 0.6 is 0 Å². The molecule has 0 atom stereocenters. The van der Waals surface area contributed by atoms with Crippen LogP contribution in [0.25, 0.3) is 0 Å². The van der Waals surface area contributed by atoms with E-state index in [9.17, 15) is 9.59 Å². The second-order valence-electron chi connectivity index (χ2n) is 4.12. The van der Waals surface area contributed by atoms with E-state index in [1.807, 2.05) is 30.3 Å². The smallest absolute Gasteiger partial charge is 0.325 e. The number of esters is 1. The van der Waals surface area contributed by atoms with Crippen LogP contribution in [-0.4, -0.2) is 28.4 Å². The Balaban J connectivity index is 1.79. The fourth-order valence-corrected chi connectivity index (χ4v) is 1.55. The van der Waals surface area contributed by atoms with Gasteiger partial charge in [-0.05, 0) is 5.56 Å². The van der Waals surface area contributed by atoms with Crippen molar-refractivity contribution in [3.63, 3.8) is 0 Å². The van der Waals surface area contributed by atoms with Gasteiger partial charge in [0.05, 0.1) is 0 Å². The van der Waals surface area contributed by atoms with Crippen LogP contribution in [0, 0.1) is 0 Å². The van der Waals surface area contributed by atoms with Gasteiger partial charge in [-0.25, -0.2) is 9.97 Å². The maximum atomic E-state index is 11.7. The van der Waals surface area contributed by atoms with Gasteiger partial charge in [-0.1, -0.05) is 30.3 Å². The zero-order valence-electron chi connectivity index (χ0n) is 11.2. The van der Waals surface area contributed by atoms with Crippen LogP contribution in [0.4, 0.5) is 5.82 Å². The molecule has 0 aliphatic heterocycles. The summed E-state index contributed by atoms with van der Waals surface area (Å²) in [4.78, 5) is 30.8. The number of carbonyl (C=O) groups excluding carboxylic acids is 2. The summed E-state index contributed by atoms with van der Waals surface area (Å²) in [5.74, 6) is -1.11. The SMILES string of the molecule is Nc1nccnc1C(=O)NCC(=O)OCc1ccccc1. The fourth-order valence-electron chi connectivity index (χ4n) is 1.55. The summed E-state index contributed by atoms with van der Waals surface area (Å²) in [6.45, 7) is -0.107. The summed E-state index contributed by atoms with van der Waals surface area (Å²) in [6.07, 6.45) is 2.72. The molecule has 0 bridgehead atoms. The number of aromatic nitrogens is 2. The Kier molecular flexibility index (Phi) is 4.81. The number of benzene rings is 1. The van der Waals surface area contributed by atoms with Crippen LogP contribution in [-0.2, 0) is 16.1 Å². The maximum absolute atomic E-state index is 11.7. The lowest BCUT2D eigenvalue weighted by Gasteiger charge is -2.07. The lowest BCUT2D eigenvalue weighted by atomic mass is 10.2. The number of nitrogens with zero attached hydrogens (tertiary/aromatic N) is 2. The van der Waals surface area contributed by atoms with Crippen molar-refractivity contribution >= 4 is 17.7 Å². The van der Waals surface area contributed by atoms with E-state index >= 15 is 0 Å². The molecule has 0 saturated heterocycles. The van der Waals surface area contributed by atoms with Crippen LogP contribution in [0.5, 0.6) is 0 Å². The van der Waals surface area contributed by atoms with Gasteiger partial charge >= 0.3 is 5.97 Å². The van der Waals surface area contributed by atoms with Gasteiger partial charge in [0, 0.05) is 12.4 Å². The van der Waals surface area contributed by atoms with Crippen LogP contribution in [0.3, 0.4) is 0 Å². The molecule has 0 saturated carbocycles. The number of anilines is 1. The minimum Gasteiger partial charge on any atom is -0.460 e. The van der Waals surface area contributed by atoms with E-state index in [0.29, 0.717) is 0 Å². The van der Waals surface area contributed by atoms with Crippen LogP contribution in [0.15, 0.2) is 42.7 Å². The molecule has 0 radical (unpaired) electrons. The monoisotopic (exact) mass is 286 g/mol. The Labute approximate surface area is 121 Å². The number of nitrogens with two attached hydrogens (primary N) is 1. The molecule has 1 heterocycles. The number of ether oxygens (including phenoxy) is 1. The van der Waals surface area contributed by atoms with Gasteiger partial charge in [-0.15, -0.1) is 0 Å². The van der Waals surface area contributed by atoms with Gasteiger partial charge in [0.15, 0.2) is 11.5 Å². The zero-order valence-corrected chi connectivity index (χ0v) is 11.2. The van der Waals surface area contributed by atoms with E-state index in [1.165, 1.54) is 12.4 Å². The number of carbonyl (C=O) groups is 2. The topological polar surface area (TPSA) is 107 Å². The molecular formula is C14H14N4O3. The van der Waals surface area contributed by atoms with Crippen molar-refractivity contribution in [2.75, 3.05) is 12.3 Å². The molecule has 1 amide bonds. The van der Waals surface area contributed by atoms with Crippen molar-refractivity contribution in [3.05, 3.63) is 54.0 Å². The van der Waals surface area contributed by atoms with Crippen molar-refractivity contribution in [1.29, 1.82) is 0 Å². The standard InChI is InChI=1S/C14H14N4O3/c15-13-12(16-6-7-17-13)14(20)18-8-11(19)21-9-10-4-2-1-3-5-10/h1-7H,8-9H2,(H2,15,17)(H,18,20). The molecule has 7 nitrogen and oxygen atoms in total. The molecule has 0 unspecified atom stereocenters. The van der Waals surface area contributed by atoms with E-state index in [2.05, 4.69) is 15.3 Å². The fraction of sp³-hybridized carbons (Fsp3) is 0.143. The number of rotatable bonds is 5. The number of nitrogen functional groups attached to an aromatic ring is 1. The maximum Gasteiger partial charge on any atom is 0.325 e. The largest absolute Gasteiger partial charge is 0.460 e. The molecule has 0 aliphatic carbocycles. The lowest BCUT2D eigenvalue weighted by molar-refractivity contribution is -0.143. The number of amides is 1. The zero-order chi connectivity index (χ0) is 15.1. The third-order valence-electron chi connectivity index (χ3n) is 2.58. The van der Waals surface area contributed by atoms with Crippen molar-refractivity contribution in [2.24, 2.45) is 0 Å². The van der Waals surface area contributed by atoms with Crippen LogP contribution in [0.2, 0.25) is 0 Å². The van der Waals surface area contributed by atoms with Crippen molar-refractivity contribution in [3.8, 4) is 0 Å². The Bertz CT molecular complexity index is 631. The number of hydrogen-bond acceptors (Lipinski definition) is 6. The first-order valence-corrected chi connectivity index (χ1v) is 6.21. The molecule has 108 valence electrons. The third kappa shape index (κ3) is 4.27. The Hall–Kier alpha value is -2.96. The highest BCUT2D eigenvalue weighted by molar-refractivity contribution is 5.97. The Morgan fingerprint density at radius 3 is 2.57 bits per heavy atom. The van der Waals surface area contributed by atoms with Gasteiger partial charge in [0.2, 0.25) is 0 Å².